The molecule has 2 aliphatic heterocycles. The fourth-order valence-corrected chi connectivity index (χ4v) is 5.11. The molecule has 2 heterocycles. The largest absolute Gasteiger partial charge is 0.478 e. The van der Waals surface area contributed by atoms with Crippen molar-refractivity contribution in [1.29, 1.82) is 0 Å². The molecule has 7 nitrogen and oxygen atoms in total. The van der Waals surface area contributed by atoms with Crippen molar-refractivity contribution in [1.82, 2.24) is 4.31 Å². The first-order valence-corrected chi connectivity index (χ1v) is 10.5. The van der Waals surface area contributed by atoms with E-state index in [0.717, 1.165) is 12.8 Å². The first kappa shape index (κ1) is 21.9. The zero-order valence-corrected chi connectivity index (χ0v) is 17.2. The van der Waals surface area contributed by atoms with Crippen LogP contribution in [0.4, 0.5) is 0 Å². The number of benzene rings is 1. The van der Waals surface area contributed by atoms with E-state index < -0.39 is 22.1 Å². The van der Waals surface area contributed by atoms with Crippen LogP contribution in [0, 0.1) is 5.92 Å². The Morgan fingerprint density at radius 1 is 1.44 bits per heavy atom. The summed E-state index contributed by atoms with van der Waals surface area (Å²) >= 11 is 0. The van der Waals surface area contributed by atoms with Gasteiger partial charge < -0.3 is 15.2 Å². The number of piperidine rings is 1. The van der Waals surface area contributed by atoms with Gasteiger partial charge in [-0.25, -0.2) is 13.2 Å². The smallest absolute Gasteiger partial charge is 0.347 e. The highest BCUT2D eigenvalue weighted by Gasteiger charge is 2.34. The minimum Gasteiger partial charge on any atom is -0.478 e. The third-order valence-corrected chi connectivity index (χ3v) is 6.92. The second-order valence-corrected chi connectivity index (χ2v) is 8.89. The van der Waals surface area contributed by atoms with E-state index in [2.05, 4.69) is 0 Å². The maximum Gasteiger partial charge on any atom is 0.347 e. The second-order valence-electron chi connectivity index (χ2n) is 6.96. The van der Waals surface area contributed by atoms with Crippen molar-refractivity contribution in [3.8, 4) is 5.75 Å². The van der Waals surface area contributed by atoms with E-state index in [4.69, 9.17) is 15.2 Å². The number of carbonyl (C=O) groups is 1. The molecular weight excluding hydrogens is 392 g/mol. The van der Waals surface area contributed by atoms with Gasteiger partial charge in [0.15, 0.2) is 6.10 Å². The maximum atomic E-state index is 13.0. The Hall–Kier alpha value is -1.35. The summed E-state index contributed by atoms with van der Waals surface area (Å²) in [5, 5.41) is 0. The van der Waals surface area contributed by atoms with Gasteiger partial charge in [-0.15, -0.1) is 12.4 Å². The van der Waals surface area contributed by atoms with Crippen LogP contribution in [0.1, 0.15) is 32.3 Å². The van der Waals surface area contributed by atoms with Crippen molar-refractivity contribution in [2.75, 3.05) is 19.7 Å². The topological polar surface area (TPSA) is 98.9 Å². The molecule has 1 saturated heterocycles. The van der Waals surface area contributed by atoms with E-state index in [1.807, 2.05) is 6.92 Å². The monoisotopic (exact) mass is 418 g/mol. The van der Waals surface area contributed by atoms with Crippen molar-refractivity contribution in [3.63, 3.8) is 0 Å². The third-order valence-electron chi connectivity index (χ3n) is 5.06. The van der Waals surface area contributed by atoms with Crippen molar-refractivity contribution in [3.05, 3.63) is 23.8 Å². The molecule has 27 heavy (non-hydrogen) atoms. The van der Waals surface area contributed by atoms with Crippen LogP contribution in [0.3, 0.4) is 0 Å². The molecule has 0 radical (unpaired) electrons. The average Bonchev–Trinajstić information content (AvgIpc) is 3.05. The summed E-state index contributed by atoms with van der Waals surface area (Å²) in [6.45, 7) is 4.88. The number of ether oxygens (including phenoxy) is 2. The summed E-state index contributed by atoms with van der Waals surface area (Å²) in [6.07, 6.45) is 1.37. The lowest BCUT2D eigenvalue weighted by molar-refractivity contribution is -0.150. The van der Waals surface area contributed by atoms with Crippen LogP contribution in [0.5, 0.6) is 5.75 Å². The van der Waals surface area contributed by atoms with Crippen LogP contribution in [-0.2, 0) is 26.0 Å². The highest BCUT2D eigenvalue weighted by molar-refractivity contribution is 7.89. The lowest BCUT2D eigenvalue weighted by atomic mass is 9.93. The quantitative estimate of drug-likeness (QED) is 0.731. The molecule has 152 valence electrons. The Balaban J connectivity index is 0.00000261. The number of nitrogens with zero attached hydrogens (tertiary/aromatic N) is 1. The Morgan fingerprint density at radius 2 is 2.19 bits per heavy atom. The molecule has 1 aromatic carbocycles. The minimum absolute atomic E-state index is 0. The summed E-state index contributed by atoms with van der Waals surface area (Å²) in [7, 11) is -3.59. The standard InChI is InChI=1S/C18H26N2O5S.ClH/c1-3-24-18(21)17-10-14-9-15(6-7-16(14)25-17)26(22,23)20-8-4-5-13(11-20)12(2)19;/h6-7,9,12-13,17H,3-5,8,10-11,19H2,1-2H3;1H. The molecule has 9 heteroatoms. The highest BCUT2D eigenvalue weighted by atomic mass is 35.5. The van der Waals surface area contributed by atoms with Gasteiger partial charge in [0.2, 0.25) is 10.0 Å². The predicted molar refractivity (Wildman–Crippen MR) is 104 cm³/mol. The fourth-order valence-electron chi connectivity index (χ4n) is 3.52. The Labute approximate surface area is 166 Å². The summed E-state index contributed by atoms with van der Waals surface area (Å²) in [5.74, 6) is 0.280. The van der Waals surface area contributed by atoms with Crippen molar-refractivity contribution in [2.24, 2.45) is 11.7 Å². The van der Waals surface area contributed by atoms with Gasteiger partial charge in [0.25, 0.3) is 0 Å². The van der Waals surface area contributed by atoms with Crippen molar-refractivity contribution < 1.29 is 22.7 Å². The number of esters is 1. The van der Waals surface area contributed by atoms with E-state index in [1.165, 1.54) is 10.4 Å². The summed E-state index contributed by atoms with van der Waals surface area (Å²) < 4.78 is 38.1. The van der Waals surface area contributed by atoms with E-state index >= 15 is 0 Å². The van der Waals surface area contributed by atoms with Crippen LogP contribution >= 0.6 is 12.4 Å². The highest BCUT2D eigenvalue weighted by Crippen LogP contribution is 2.33. The van der Waals surface area contributed by atoms with Crippen LogP contribution < -0.4 is 10.5 Å². The lowest BCUT2D eigenvalue weighted by Crippen LogP contribution is -2.44. The number of carbonyl (C=O) groups excluding carboxylic acids is 1. The normalized spacial score (nSPS) is 23.7. The van der Waals surface area contributed by atoms with E-state index in [1.54, 1.807) is 19.1 Å². The summed E-state index contributed by atoms with van der Waals surface area (Å²) in [4.78, 5) is 12.1. The fraction of sp³-hybridized carbons (Fsp3) is 0.611. The summed E-state index contributed by atoms with van der Waals surface area (Å²) in [5.41, 5.74) is 6.68. The van der Waals surface area contributed by atoms with Crippen molar-refractivity contribution >= 4 is 28.4 Å². The molecule has 0 amide bonds. The number of nitrogens with two attached hydrogens (primary N) is 1. The molecule has 0 spiro atoms. The first-order valence-electron chi connectivity index (χ1n) is 9.05. The molecule has 3 atom stereocenters. The van der Waals surface area contributed by atoms with Crippen molar-refractivity contribution in [2.45, 2.75) is 50.2 Å². The number of rotatable bonds is 5. The molecule has 0 aliphatic carbocycles. The summed E-state index contributed by atoms with van der Waals surface area (Å²) in [6, 6.07) is 4.73. The van der Waals surface area contributed by atoms with E-state index in [9.17, 15) is 13.2 Å². The van der Waals surface area contributed by atoms with Crippen LogP contribution in [-0.4, -0.2) is 50.5 Å². The Kier molecular flexibility index (Phi) is 7.13. The molecule has 3 unspecified atom stereocenters. The zero-order valence-electron chi connectivity index (χ0n) is 15.6. The Morgan fingerprint density at radius 3 is 2.85 bits per heavy atom. The zero-order chi connectivity index (χ0) is 18.9. The molecule has 2 N–H and O–H groups in total. The Bertz CT molecular complexity index is 784. The number of hydrogen-bond acceptors (Lipinski definition) is 6. The molecule has 0 saturated carbocycles. The van der Waals surface area contributed by atoms with Gasteiger partial charge in [-0.2, -0.15) is 4.31 Å². The minimum atomic E-state index is -3.59. The molecule has 0 aromatic heterocycles. The maximum absolute atomic E-state index is 13.0. The number of sulfonamides is 1. The lowest BCUT2D eigenvalue weighted by Gasteiger charge is -2.33. The van der Waals surface area contributed by atoms with Gasteiger partial charge in [-0.3, -0.25) is 0 Å². The molecular formula is C18H27ClN2O5S. The van der Waals surface area contributed by atoms with Gasteiger partial charge in [0, 0.05) is 25.6 Å². The van der Waals surface area contributed by atoms with Crippen LogP contribution in [0.15, 0.2) is 23.1 Å². The molecule has 1 fully saturated rings. The van der Waals surface area contributed by atoms with Gasteiger partial charge in [-0.05, 0) is 56.4 Å². The predicted octanol–water partition coefficient (Wildman–Crippen LogP) is 1.72. The van der Waals surface area contributed by atoms with Gasteiger partial charge in [0.05, 0.1) is 11.5 Å². The number of fused-ring (bicyclic) bond motifs is 1. The SMILES string of the molecule is CCOC(=O)C1Cc2cc(S(=O)(=O)N3CCCC(C(C)N)C3)ccc2O1.Cl. The number of halogens is 1. The van der Waals surface area contributed by atoms with Gasteiger partial charge >= 0.3 is 5.97 Å². The molecule has 2 aliphatic rings. The molecule has 0 bridgehead atoms. The van der Waals surface area contributed by atoms with E-state index in [-0.39, 0.29) is 35.9 Å². The number of hydrogen-bond donors (Lipinski definition) is 1. The average molecular weight is 419 g/mol. The van der Waals surface area contributed by atoms with Crippen LogP contribution in [0.2, 0.25) is 0 Å². The van der Waals surface area contributed by atoms with Gasteiger partial charge in [-0.1, -0.05) is 0 Å². The molecule has 3 rings (SSSR count). The second kappa shape index (κ2) is 8.77. The first-order chi connectivity index (χ1) is 12.3. The van der Waals surface area contributed by atoms with E-state index in [0.29, 0.717) is 30.8 Å². The van der Waals surface area contributed by atoms with Crippen LogP contribution in [0.25, 0.3) is 0 Å². The third kappa shape index (κ3) is 4.56. The van der Waals surface area contributed by atoms with Gasteiger partial charge in [0.1, 0.15) is 5.75 Å². The molecule has 1 aromatic rings.